The second kappa shape index (κ2) is 8.13. The van der Waals surface area contributed by atoms with Gasteiger partial charge in [0.05, 0.1) is 12.8 Å². The van der Waals surface area contributed by atoms with Crippen LogP contribution in [0.2, 0.25) is 0 Å². The number of hydrogen-bond donors (Lipinski definition) is 3. The molecule has 1 aliphatic rings. The summed E-state index contributed by atoms with van der Waals surface area (Å²) in [6.45, 7) is 1.44. The lowest BCUT2D eigenvalue weighted by molar-refractivity contribution is -0.153. The highest BCUT2D eigenvalue weighted by atomic mass is 16.5. The average molecular weight is 349 g/mol. The van der Waals surface area contributed by atoms with E-state index in [2.05, 4.69) is 16.0 Å². The molecule has 4 amide bonds. The van der Waals surface area contributed by atoms with E-state index in [0.29, 0.717) is 11.4 Å². The second-order valence-corrected chi connectivity index (χ2v) is 5.38. The number of imide groups is 1. The molecule has 1 aromatic rings. The number of rotatable bonds is 7. The number of benzene rings is 1. The lowest BCUT2D eigenvalue weighted by Gasteiger charge is -2.15. The van der Waals surface area contributed by atoms with Crippen molar-refractivity contribution in [3.8, 4) is 5.75 Å². The molecule has 0 aromatic heterocycles. The molecule has 0 bridgehead atoms. The highest BCUT2D eigenvalue weighted by molar-refractivity contribution is 6.04. The standard InChI is InChI=1S/C16H19N3O6/c1-9(14(21)17-10-5-3-4-6-12(10)24-2)25-13(20)8-7-11-15(22)19-16(23)18-11/h3-6,9,11H,7-8H2,1-2H3,(H,17,21)(H2,18,19,22,23)/t9-,11+/m1/s1. The summed E-state index contributed by atoms with van der Waals surface area (Å²) in [7, 11) is 1.48. The van der Waals surface area contributed by atoms with Gasteiger partial charge in [0.1, 0.15) is 11.8 Å². The lowest BCUT2D eigenvalue weighted by atomic mass is 10.1. The van der Waals surface area contributed by atoms with Gasteiger partial charge in [-0.05, 0) is 25.5 Å². The Bertz CT molecular complexity index is 690. The molecular weight excluding hydrogens is 330 g/mol. The van der Waals surface area contributed by atoms with Crippen molar-refractivity contribution in [1.82, 2.24) is 10.6 Å². The summed E-state index contributed by atoms with van der Waals surface area (Å²) in [4.78, 5) is 46.3. The number of urea groups is 1. The number of nitrogens with one attached hydrogen (secondary N) is 3. The van der Waals surface area contributed by atoms with Crippen molar-refractivity contribution >= 4 is 29.5 Å². The van der Waals surface area contributed by atoms with Gasteiger partial charge in [0.25, 0.3) is 11.8 Å². The number of amides is 4. The minimum Gasteiger partial charge on any atom is -0.495 e. The third-order valence-corrected chi connectivity index (χ3v) is 3.54. The van der Waals surface area contributed by atoms with Crippen LogP contribution in [0, 0.1) is 0 Å². The van der Waals surface area contributed by atoms with E-state index in [9.17, 15) is 19.2 Å². The average Bonchev–Trinajstić information content (AvgIpc) is 2.90. The zero-order chi connectivity index (χ0) is 18.4. The Morgan fingerprint density at radius 3 is 2.64 bits per heavy atom. The summed E-state index contributed by atoms with van der Waals surface area (Å²) in [5, 5.41) is 7.06. The first-order chi connectivity index (χ1) is 11.9. The Balaban J connectivity index is 1.81. The molecule has 0 radical (unpaired) electrons. The van der Waals surface area contributed by atoms with Crippen molar-refractivity contribution in [2.75, 3.05) is 12.4 Å². The number of anilines is 1. The Kier molecular flexibility index (Phi) is 5.93. The lowest BCUT2D eigenvalue weighted by Crippen LogP contribution is -2.32. The van der Waals surface area contributed by atoms with Crippen LogP contribution in [0.5, 0.6) is 5.75 Å². The molecule has 9 nitrogen and oxygen atoms in total. The smallest absolute Gasteiger partial charge is 0.322 e. The summed E-state index contributed by atoms with van der Waals surface area (Å²) in [6.07, 6.45) is -1.04. The first-order valence-electron chi connectivity index (χ1n) is 7.65. The van der Waals surface area contributed by atoms with Gasteiger partial charge >= 0.3 is 12.0 Å². The zero-order valence-electron chi connectivity index (χ0n) is 13.8. The summed E-state index contributed by atoms with van der Waals surface area (Å²) < 4.78 is 10.2. The van der Waals surface area contributed by atoms with Crippen LogP contribution in [0.25, 0.3) is 0 Å². The second-order valence-electron chi connectivity index (χ2n) is 5.38. The minimum atomic E-state index is -1.02. The molecule has 9 heteroatoms. The van der Waals surface area contributed by atoms with Gasteiger partial charge in [-0.2, -0.15) is 0 Å². The molecule has 0 spiro atoms. The summed E-state index contributed by atoms with van der Waals surface area (Å²) in [6, 6.07) is 5.48. The third-order valence-electron chi connectivity index (χ3n) is 3.54. The van der Waals surface area contributed by atoms with Crippen molar-refractivity contribution in [3.05, 3.63) is 24.3 Å². The maximum Gasteiger partial charge on any atom is 0.322 e. The molecule has 1 aromatic carbocycles. The van der Waals surface area contributed by atoms with Crippen LogP contribution >= 0.6 is 0 Å². The summed E-state index contributed by atoms with van der Waals surface area (Å²) >= 11 is 0. The molecule has 0 saturated carbocycles. The Morgan fingerprint density at radius 2 is 2.00 bits per heavy atom. The monoisotopic (exact) mass is 349 g/mol. The number of para-hydroxylation sites is 2. The highest BCUT2D eigenvalue weighted by Gasteiger charge is 2.30. The largest absolute Gasteiger partial charge is 0.495 e. The van der Waals surface area contributed by atoms with Gasteiger partial charge in [-0.1, -0.05) is 12.1 Å². The molecule has 25 heavy (non-hydrogen) atoms. The van der Waals surface area contributed by atoms with Gasteiger partial charge in [-0.3, -0.25) is 19.7 Å². The van der Waals surface area contributed by atoms with Gasteiger partial charge in [-0.25, -0.2) is 4.79 Å². The van der Waals surface area contributed by atoms with Crippen LogP contribution in [0.3, 0.4) is 0 Å². The van der Waals surface area contributed by atoms with Crippen molar-refractivity contribution < 1.29 is 28.7 Å². The van der Waals surface area contributed by atoms with Crippen molar-refractivity contribution in [2.45, 2.75) is 31.9 Å². The van der Waals surface area contributed by atoms with Gasteiger partial charge in [0, 0.05) is 6.42 Å². The van der Waals surface area contributed by atoms with Gasteiger partial charge in [0.2, 0.25) is 0 Å². The van der Waals surface area contributed by atoms with Gasteiger partial charge in [0.15, 0.2) is 6.10 Å². The van der Waals surface area contributed by atoms with E-state index in [0.717, 1.165) is 0 Å². The Hall–Kier alpha value is -3.10. The summed E-state index contributed by atoms with van der Waals surface area (Å²) in [5.41, 5.74) is 0.461. The maximum atomic E-state index is 12.1. The van der Waals surface area contributed by atoms with Crippen LogP contribution < -0.4 is 20.7 Å². The van der Waals surface area contributed by atoms with E-state index in [-0.39, 0.29) is 12.8 Å². The minimum absolute atomic E-state index is 0.0945. The van der Waals surface area contributed by atoms with Gasteiger partial charge < -0.3 is 20.1 Å². The molecule has 1 saturated heterocycles. The molecule has 1 fully saturated rings. The molecule has 2 atom stereocenters. The van der Waals surface area contributed by atoms with Crippen LogP contribution in [-0.2, 0) is 19.1 Å². The van der Waals surface area contributed by atoms with E-state index < -0.39 is 36.0 Å². The predicted octanol–water partition coefficient (Wildman–Crippen LogP) is 0.554. The molecule has 134 valence electrons. The van der Waals surface area contributed by atoms with Crippen molar-refractivity contribution in [1.29, 1.82) is 0 Å². The number of ether oxygens (including phenoxy) is 2. The Labute approximate surface area is 144 Å². The topological polar surface area (TPSA) is 123 Å². The summed E-state index contributed by atoms with van der Waals surface area (Å²) in [5.74, 6) is -1.15. The quantitative estimate of drug-likeness (QED) is 0.488. The number of carbonyl (C=O) groups excluding carboxylic acids is 4. The molecule has 0 unspecified atom stereocenters. The molecule has 3 N–H and O–H groups in total. The zero-order valence-corrected chi connectivity index (χ0v) is 13.8. The van der Waals surface area contributed by atoms with Crippen LogP contribution in [0.1, 0.15) is 19.8 Å². The van der Waals surface area contributed by atoms with E-state index in [1.807, 2.05) is 0 Å². The predicted molar refractivity (Wildman–Crippen MR) is 86.9 cm³/mol. The molecule has 0 aliphatic carbocycles. The van der Waals surface area contributed by atoms with Crippen molar-refractivity contribution in [3.63, 3.8) is 0 Å². The number of methoxy groups -OCH3 is 1. The third kappa shape index (κ3) is 4.93. The fraction of sp³-hybridized carbons (Fsp3) is 0.375. The van der Waals surface area contributed by atoms with Crippen LogP contribution in [0.4, 0.5) is 10.5 Å². The molecule has 1 aliphatic heterocycles. The maximum absolute atomic E-state index is 12.1. The number of esters is 1. The fourth-order valence-corrected chi connectivity index (χ4v) is 2.22. The van der Waals surface area contributed by atoms with Gasteiger partial charge in [-0.15, -0.1) is 0 Å². The highest BCUT2D eigenvalue weighted by Crippen LogP contribution is 2.23. The SMILES string of the molecule is COc1ccccc1NC(=O)[C@@H](C)OC(=O)CC[C@@H]1NC(=O)NC1=O. The Morgan fingerprint density at radius 1 is 1.28 bits per heavy atom. The molecule has 1 heterocycles. The first-order valence-corrected chi connectivity index (χ1v) is 7.65. The van der Waals surface area contributed by atoms with E-state index in [4.69, 9.17) is 9.47 Å². The number of hydrogen-bond acceptors (Lipinski definition) is 6. The normalized spacial score (nSPS) is 17.3. The van der Waals surface area contributed by atoms with Crippen LogP contribution in [0.15, 0.2) is 24.3 Å². The molecular formula is C16H19N3O6. The van der Waals surface area contributed by atoms with E-state index in [1.165, 1.54) is 14.0 Å². The first kappa shape index (κ1) is 18.2. The van der Waals surface area contributed by atoms with E-state index in [1.54, 1.807) is 24.3 Å². The number of carbonyl (C=O) groups is 4. The van der Waals surface area contributed by atoms with E-state index >= 15 is 0 Å². The molecule has 2 rings (SSSR count). The van der Waals surface area contributed by atoms with Crippen molar-refractivity contribution in [2.24, 2.45) is 0 Å². The van der Waals surface area contributed by atoms with Crippen LogP contribution in [-0.4, -0.2) is 43.1 Å². The fourth-order valence-electron chi connectivity index (χ4n) is 2.22.